The molecule has 23 heavy (non-hydrogen) atoms. The smallest absolute Gasteiger partial charge is 0.222 e. The first-order valence-corrected chi connectivity index (χ1v) is 7.98. The molecule has 116 valence electrons. The minimum Gasteiger partial charge on any atom is -0.341 e. The van der Waals surface area contributed by atoms with E-state index < -0.39 is 0 Å². The van der Waals surface area contributed by atoms with Crippen LogP contribution >= 0.6 is 0 Å². The van der Waals surface area contributed by atoms with Gasteiger partial charge in [0, 0.05) is 20.0 Å². The molecule has 3 rings (SSSR count). The van der Waals surface area contributed by atoms with E-state index in [4.69, 9.17) is 0 Å². The van der Waals surface area contributed by atoms with Crippen molar-refractivity contribution >= 4 is 16.7 Å². The second kappa shape index (κ2) is 7.10. The molecule has 0 bridgehead atoms. The molecule has 0 unspecified atom stereocenters. The van der Waals surface area contributed by atoms with Crippen molar-refractivity contribution in [1.82, 2.24) is 4.90 Å². The number of nitrogens with zero attached hydrogens (tertiary/aromatic N) is 1. The minimum absolute atomic E-state index is 0.182. The summed E-state index contributed by atoms with van der Waals surface area (Å²) in [6.45, 7) is 0.648. The molecule has 0 fully saturated rings. The van der Waals surface area contributed by atoms with E-state index in [0.717, 1.165) is 6.42 Å². The fourth-order valence-corrected chi connectivity index (χ4v) is 2.86. The number of amides is 1. The molecule has 0 radical (unpaired) electrons. The second-order valence-corrected chi connectivity index (χ2v) is 5.87. The van der Waals surface area contributed by atoms with Gasteiger partial charge in [0.2, 0.25) is 5.91 Å². The van der Waals surface area contributed by atoms with Crippen LogP contribution in [0.3, 0.4) is 0 Å². The van der Waals surface area contributed by atoms with Crippen LogP contribution in [0.4, 0.5) is 0 Å². The monoisotopic (exact) mass is 303 g/mol. The summed E-state index contributed by atoms with van der Waals surface area (Å²) in [5.74, 6) is 0.182. The van der Waals surface area contributed by atoms with E-state index >= 15 is 0 Å². The Labute approximate surface area is 137 Å². The summed E-state index contributed by atoms with van der Waals surface area (Å²) in [5.41, 5.74) is 2.40. The molecule has 0 aliphatic rings. The lowest BCUT2D eigenvalue weighted by Gasteiger charge is -2.18. The lowest BCUT2D eigenvalue weighted by atomic mass is 10.0. The van der Waals surface area contributed by atoms with Crippen LogP contribution in [0, 0.1) is 0 Å². The summed E-state index contributed by atoms with van der Waals surface area (Å²) in [6.07, 6.45) is 1.34. The molecule has 0 aliphatic carbocycles. The van der Waals surface area contributed by atoms with Crippen LogP contribution in [0.2, 0.25) is 0 Å². The Morgan fingerprint density at radius 3 is 2.39 bits per heavy atom. The Morgan fingerprint density at radius 2 is 1.57 bits per heavy atom. The predicted molar refractivity (Wildman–Crippen MR) is 95.2 cm³/mol. The Bertz CT molecular complexity index is 790. The summed E-state index contributed by atoms with van der Waals surface area (Å²) in [6, 6.07) is 24.7. The van der Waals surface area contributed by atoms with Crippen molar-refractivity contribution in [3.8, 4) is 0 Å². The third kappa shape index (κ3) is 3.78. The average molecular weight is 303 g/mol. The molecule has 1 amide bonds. The number of carbonyl (C=O) groups excluding carboxylic acids is 1. The highest BCUT2D eigenvalue weighted by atomic mass is 16.2. The average Bonchev–Trinajstić information content (AvgIpc) is 2.61. The fraction of sp³-hybridized carbons (Fsp3) is 0.190. The van der Waals surface area contributed by atoms with Crippen molar-refractivity contribution in [2.45, 2.75) is 19.4 Å². The zero-order chi connectivity index (χ0) is 16.1. The number of aryl methyl sites for hydroxylation is 1. The van der Waals surface area contributed by atoms with E-state index in [0.29, 0.717) is 13.0 Å². The molecule has 0 atom stereocenters. The van der Waals surface area contributed by atoms with Crippen LogP contribution in [0.5, 0.6) is 0 Å². The first-order valence-electron chi connectivity index (χ1n) is 7.98. The summed E-state index contributed by atoms with van der Waals surface area (Å²) in [7, 11) is 1.88. The van der Waals surface area contributed by atoms with Gasteiger partial charge in [-0.15, -0.1) is 0 Å². The van der Waals surface area contributed by atoms with E-state index in [1.54, 1.807) is 0 Å². The zero-order valence-corrected chi connectivity index (χ0v) is 13.4. The Kier molecular flexibility index (Phi) is 4.72. The van der Waals surface area contributed by atoms with Crippen molar-refractivity contribution in [3.63, 3.8) is 0 Å². The van der Waals surface area contributed by atoms with E-state index in [9.17, 15) is 4.79 Å². The first kappa shape index (κ1) is 15.3. The standard InChI is InChI=1S/C21H21NO/c1-22(21(23)15-14-17-8-3-2-4-9-17)16-19-12-7-11-18-10-5-6-13-20(18)19/h2-13H,14-16H2,1H3. The number of benzene rings is 3. The second-order valence-electron chi connectivity index (χ2n) is 5.87. The summed E-state index contributed by atoms with van der Waals surface area (Å²) >= 11 is 0. The van der Waals surface area contributed by atoms with Crippen molar-refractivity contribution in [2.24, 2.45) is 0 Å². The van der Waals surface area contributed by atoms with Gasteiger partial charge in [0.25, 0.3) is 0 Å². The summed E-state index contributed by atoms with van der Waals surface area (Å²) in [4.78, 5) is 14.2. The molecule has 3 aromatic rings. The van der Waals surface area contributed by atoms with Gasteiger partial charge in [-0.25, -0.2) is 0 Å². The highest BCUT2D eigenvalue weighted by molar-refractivity contribution is 5.86. The van der Waals surface area contributed by atoms with Crippen LogP contribution in [-0.4, -0.2) is 17.9 Å². The van der Waals surface area contributed by atoms with Crippen LogP contribution < -0.4 is 0 Å². The molecule has 0 aromatic heterocycles. The Hall–Kier alpha value is -2.61. The van der Waals surface area contributed by atoms with E-state index in [1.807, 2.05) is 42.3 Å². The van der Waals surface area contributed by atoms with E-state index in [-0.39, 0.29) is 5.91 Å². The van der Waals surface area contributed by atoms with Crippen LogP contribution in [-0.2, 0) is 17.8 Å². The summed E-state index contributed by atoms with van der Waals surface area (Å²) in [5, 5.41) is 2.44. The molecule has 0 heterocycles. The third-order valence-electron chi connectivity index (χ3n) is 4.18. The molecule has 2 nitrogen and oxygen atoms in total. The van der Waals surface area contributed by atoms with Crippen LogP contribution in [0.1, 0.15) is 17.5 Å². The molecular formula is C21H21NO. The lowest BCUT2D eigenvalue weighted by molar-refractivity contribution is -0.130. The molecule has 3 aromatic carbocycles. The van der Waals surface area contributed by atoms with Gasteiger partial charge >= 0.3 is 0 Å². The molecule has 0 N–H and O–H groups in total. The van der Waals surface area contributed by atoms with Gasteiger partial charge in [0.05, 0.1) is 0 Å². The molecule has 0 aliphatic heterocycles. The summed E-state index contributed by atoms with van der Waals surface area (Å²) < 4.78 is 0. The third-order valence-corrected chi connectivity index (χ3v) is 4.18. The van der Waals surface area contributed by atoms with Gasteiger partial charge in [-0.3, -0.25) is 4.79 Å². The fourth-order valence-electron chi connectivity index (χ4n) is 2.86. The van der Waals surface area contributed by atoms with Gasteiger partial charge in [0.1, 0.15) is 0 Å². The number of fused-ring (bicyclic) bond motifs is 1. The maximum atomic E-state index is 12.4. The quantitative estimate of drug-likeness (QED) is 0.683. The normalized spacial score (nSPS) is 10.7. The Morgan fingerprint density at radius 1 is 0.870 bits per heavy atom. The topological polar surface area (TPSA) is 20.3 Å². The van der Waals surface area contributed by atoms with Crippen LogP contribution in [0.15, 0.2) is 72.8 Å². The maximum absolute atomic E-state index is 12.4. The largest absolute Gasteiger partial charge is 0.341 e. The van der Waals surface area contributed by atoms with Crippen LogP contribution in [0.25, 0.3) is 10.8 Å². The van der Waals surface area contributed by atoms with E-state index in [2.05, 4.69) is 42.5 Å². The molecular weight excluding hydrogens is 282 g/mol. The first-order chi connectivity index (χ1) is 11.2. The molecule has 0 saturated carbocycles. The predicted octanol–water partition coefficient (Wildman–Crippen LogP) is 4.43. The molecule has 0 saturated heterocycles. The van der Waals surface area contributed by atoms with Gasteiger partial charge in [-0.2, -0.15) is 0 Å². The van der Waals surface area contributed by atoms with Gasteiger partial charge < -0.3 is 4.90 Å². The number of hydrogen-bond donors (Lipinski definition) is 0. The zero-order valence-electron chi connectivity index (χ0n) is 13.4. The highest BCUT2D eigenvalue weighted by Gasteiger charge is 2.11. The highest BCUT2D eigenvalue weighted by Crippen LogP contribution is 2.20. The molecule has 2 heteroatoms. The Balaban J connectivity index is 1.66. The number of rotatable bonds is 5. The maximum Gasteiger partial charge on any atom is 0.222 e. The van der Waals surface area contributed by atoms with Crippen molar-refractivity contribution in [2.75, 3.05) is 7.05 Å². The van der Waals surface area contributed by atoms with Gasteiger partial charge in [-0.05, 0) is 28.3 Å². The lowest BCUT2D eigenvalue weighted by Crippen LogP contribution is -2.26. The number of carbonyl (C=O) groups is 1. The van der Waals surface area contributed by atoms with Crippen molar-refractivity contribution < 1.29 is 4.79 Å². The molecule has 0 spiro atoms. The van der Waals surface area contributed by atoms with Crippen molar-refractivity contribution in [1.29, 1.82) is 0 Å². The van der Waals surface area contributed by atoms with Gasteiger partial charge in [-0.1, -0.05) is 72.8 Å². The minimum atomic E-state index is 0.182. The van der Waals surface area contributed by atoms with Gasteiger partial charge in [0.15, 0.2) is 0 Å². The van der Waals surface area contributed by atoms with Crippen molar-refractivity contribution in [3.05, 3.63) is 83.9 Å². The van der Waals surface area contributed by atoms with E-state index in [1.165, 1.54) is 21.9 Å². The number of hydrogen-bond acceptors (Lipinski definition) is 1. The SMILES string of the molecule is CN(Cc1cccc2ccccc12)C(=O)CCc1ccccc1.